The van der Waals surface area contributed by atoms with E-state index in [-0.39, 0.29) is 16.8 Å². The fraction of sp³-hybridized carbons (Fsp3) is 0.105. The zero-order valence-electron chi connectivity index (χ0n) is 14.0. The number of nitrogens with one attached hydrogen (secondary N) is 2. The van der Waals surface area contributed by atoms with Gasteiger partial charge in [0.1, 0.15) is 5.76 Å². The van der Waals surface area contributed by atoms with Crippen LogP contribution in [-0.4, -0.2) is 14.3 Å². The number of carbonyl (C=O) groups excluding carboxylic acids is 1. The van der Waals surface area contributed by atoms with Gasteiger partial charge in [-0.15, -0.1) is 0 Å². The second-order valence-electron chi connectivity index (χ2n) is 5.71. The molecule has 0 unspecified atom stereocenters. The lowest BCUT2D eigenvalue weighted by Crippen LogP contribution is -2.26. The van der Waals surface area contributed by atoms with E-state index in [1.165, 1.54) is 24.5 Å². The molecule has 0 bridgehead atoms. The molecular weight excluding hydrogens is 352 g/mol. The van der Waals surface area contributed by atoms with Gasteiger partial charge in [-0.2, -0.15) is 0 Å². The Balaban J connectivity index is 1.75. The second kappa shape index (κ2) is 7.45. The van der Waals surface area contributed by atoms with E-state index in [9.17, 15) is 13.2 Å². The second-order valence-corrected chi connectivity index (χ2v) is 7.39. The van der Waals surface area contributed by atoms with Gasteiger partial charge >= 0.3 is 0 Å². The lowest BCUT2D eigenvalue weighted by Gasteiger charge is -2.13. The summed E-state index contributed by atoms with van der Waals surface area (Å²) in [5.41, 5.74) is 0.656. The van der Waals surface area contributed by atoms with Crippen LogP contribution < -0.4 is 10.0 Å². The Morgan fingerprint density at radius 1 is 1.00 bits per heavy atom. The van der Waals surface area contributed by atoms with Crippen molar-refractivity contribution < 1.29 is 17.6 Å². The predicted octanol–water partition coefficient (Wildman–Crippen LogP) is 3.57. The zero-order valence-corrected chi connectivity index (χ0v) is 14.9. The highest BCUT2D eigenvalue weighted by Crippen LogP contribution is 2.18. The van der Waals surface area contributed by atoms with Gasteiger partial charge in [-0.25, -0.2) is 8.42 Å². The Morgan fingerprint density at radius 3 is 2.46 bits per heavy atom. The van der Waals surface area contributed by atoms with Crippen LogP contribution in [0.1, 0.15) is 29.1 Å². The van der Waals surface area contributed by atoms with E-state index in [4.69, 9.17) is 4.42 Å². The fourth-order valence-electron chi connectivity index (χ4n) is 2.43. The topological polar surface area (TPSA) is 88.4 Å². The summed E-state index contributed by atoms with van der Waals surface area (Å²) in [6, 6.07) is 17.6. The normalized spacial score (nSPS) is 12.3. The van der Waals surface area contributed by atoms with Gasteiger partial charge in [0.25, 0.3) is 15.9 Å². The molecule has 0 aliphatic carbocycles. The number of hydrogen-bond acceptors (Lipinski definition) is 4. The lowest BCUT2D eigenvalue weighted by atomic mass is 10.1. The van der Waals surface area contributed by atoms with Gasteiger partial charge in [-0.1, -0.05) is 24.3 Å². The molecule has 3 aromatic rings. The fourth-order valence-corrected chi connectivity index (χ4v) is 3.50. The van der Waals surface area contributed by atoms with Gasteiger partial charge in [0, 0.05) is 11.3 Å². The monoisotopic (exact) mass is 370 g/mol. The highest BCUT2D eigenvalue weighted by atomic mass is 32.2. The summed E-state index contributed by atoms with van der Waals surface area (Å²) in [7, 11) is -3.71. The molecule has 26 heavy (non-hydrogen) atoms. The number of anilines is 1. The van der Waals surface area contributed by atoms with E-state index in [1.807, 2.05) is 0 Å². The van der Waals surface area contributed by atoms with Crippen molar-refractivity contribution in [3.05, 3.63) is 84.3 Å². The molecule has 0 saturated carbocycles. The largest absolute Gasteiger partial charge is 0.467 e. The quantitative estimate of drug-likeness (QED) is 0.694. The average molecular weight is 370 g/mol. The predicted molar refractivity (Wildman–Crippen MR) is 98.3 cm³/mol. The molecule has 0 radical (unpaired) electrons. The SMILES string of the molecule is C[C@@H](NC(=O)c1cccc(NS(=O)(=O)c2ccccc2)c1)c1ccco1. The van der Waals surface area contributed by atoms with Crippen LogP contribution in [0.15, 0.2) is 82.3 Å². The van der Waals surface area contributed by atoms with Gasteiger partial charge in [0.15, 0.2) is 0 Å². The Morgan fingerprint density at radius 2 is 1.77 bits per heavy atom. The molecule has 0 saturated heterocycles. The molecule has 0 aliphatic rings. The van der Waals surface area contributed by atoms with Crippen molar-refractivity contribution in [3.63, 3.8) is 0 Å². The number of amides is 1. The maximum Gasteiger partial charge on any atom is 0.261 e. The molecule has 3 rings (SSSR count). The number of benzene rings is 2. The van der Waals surface area contributed by atoms with Gasteiger partial charge < -0.3 is 9.73 Å². The van der Waals surface area contributed by atoms with Gasteiger partial charge in [-0.3, -0.25) is 9.52 Å². The summed E-state index contributed by atoms with van der Waals surface area (Å²) >= 11 is 0. The smallest absolute Gasteiger partial charge is 0.261 e. The lowest BCUT2D eigenvalue weighted by molar-refractivity contribution is 0.0935. The summed E-state index contributed by atoms with van der Waals surface area (Å²) < 4.78 is 32.5. The van der Waals surface area contributed by atoms with Crippen LogP contribution >= 0.6 is 0 Å². The molecule has 2 N–H and O–H groups in total. The first-order valence-corrected chi connectivity index (χ1v) is 9.46. The minimum absolute atomic E-state index is 0.154. The van der Waals surface area contributed by atoms with Crippen molar-refractivity contribution >= 4 is 21.6 Å². The summed E-state index contributed by atoms with van der Waals surface area (Å²) in [5, 5.41) is 2.81. The minimum Gasteiger partial charge on any atom is -0.467 e. The van der Waals surface area contributed by atoms with Crippen molar-refractivity contribution in [2.45, 2.75) is 17.9 Å². The van der Waals surface area contributed by atoms with Crippen molar-refractivity contribution in [2.75, 3.05) is 4.72 Å². The summed E-state index contributed by atoms with van der Waals surface area (Å²) in [4.78, 5) is 12.6. The standard InChI is InChI=1S/C19H18N2O4S/c1-14(18-11-6-12-25-18)20-19(22)15-7-5-8-16(13-15)21-26(23,24)17-9-3-2-4-10-17/h2-14,21H,1H3,(H,20,22)/t14-/m1/s1. The molecular formula is C19H18N2O4S. The van der Waals surface area contributed by atoms with E-state index in [1.54, 1.807) is 55.5 Å². The summed E-state index contributed by atoms with van der Waals surface area (Å²) in [6.45, 7) is 1.80. The zero-order chi connectivity index (χ0) is 18.6. The first-order valence-electron chi connectivity index (χ1n) is 7.98. The maximum absolute atomic E-state index is 12.4. The van der Waals surface area contributed by atoms with Gasteiger partial charge in [0.2, 0.25) is 0 Å². The van der Waals surface area contributed by atoms with Crippen LogP contribution in [0.5, 0.6) is 0 Å². The van der Waals surface area contributed by atoms with Crippen LogP contribution in [0.2, 0.25) is 0 Å². The molecule has 0 fully saturated rings. The summed E-state index contributed by atoms with van der Waals surface area (Å²) in [6.07, 6.45) is 1.54. The molecule has 1 aromatic heterocycles. The molecule has 7 heteroatoms. The van der Waals surface area contributed by atoms with Gasteiger partial charge in [-0.05, 0) is 49.4 Å². The van der Waals surface area contributed by atoms with E-state index < -0.39 is 10.0 Å². The number of sulfonamides is 1. The molecule has 2 aromatic carbocycles. The third kappa shape index (κ3) is 4.12. The Hall–Kier alpha value is -3.06. The van der Waals surface area contributed by atoms with Crippen molar-refractivity contribution in [2.24, 2.45) is 0 Å². The third-order valence-electron chi connectivity index (χ3n) is 3.75. The maximum atomic E-state index is 12.4. The highest BCUT2D eigenvalue weighted by molar-refractivity contribution is 7.92. The van der Waals surface area contributed by atoms with Crippen LogP contribution in [0.3, 0.4) is 0 Å². The van der Waals surface area contributed by atoms with Crippen molar-refractivity contribution in [1.29, 1.82) is 0 Å². The molecule has 0 aliphatic heterocycles. The first-order chi connectivity index (χ1) is 12.5. The summed E-state index contributed by atoms with van der Waals surface area (Å²) in [5.74, 6) is 0.314. The van der Waals surface area contributed by atoms with Crippen molar-refractivity contribution in [3.8, 4) is 0 Å². The molecule has 1 amide bonds. The molecule has 0 spiro atoms. The van der Waals surface area contributed by atoms with E-state index >= 15 is 0 Å². The third-order valence-corrected chi connectivity index (χ3v) is 5.15. The van der Waals surface area contributed by atoms with Crippen molar-refractivity contribution in [1.82, 2.24) is 5.32 Å². The molecule has 1 atom stereocenters. The van der Waals surface area contributed by atoms with Gasteiger partial charge in [0.05, 0.1) is 17.2 Å². The Labute approximate surface area is 151 Å². The number of hydrogen-bond donors (Lipinski definition) is 2. The van der Waals surface area contributed by atoms with Crippen LogP contribution in [0.25, 0.3) is 0 Å². The number of rotatable bonds is 6. The van der Waals surface area contributed by atoms with E-state index in [0.29, 0.717) is 17.0 Å². The minimum atomic E-state index is -3.71. The molecule has 6 nitrogen and oxygen atoms in total. The molecule has 134 valence electrons. The number of carbonyl (C=O) groups is 1. The first kappa shape index (κ1) is 17.8. The van der Waals surface area contributed by atoms with E-state index in [2.05, 4.69) is 10.0 Å². The van der Waals surface area contributed by atoms with Crippen LogP contribution in [-0.2, 0) is 10.0 Å². The Bertz CT molecular complexity index is 983. The average Bonchev–Trinajstić information content (AvgIpc) is 3.17. The van der Waals surface area contributed by atoms with Crippen LogP contribution in [0.4, 0.5) is 5.69 Å². The molecule has 1 heterocycles. The Kier molecular flexibility index (Phi) is 5.09. The number of furan rings is 1. The highest BCUT2D eigenvalue weighted by Gasteiger charge is 2.16. The van der Waals surface area contributed by atoms with Crippen LogP contribution in [0, 0.1) is 0 Å². The van der Waals surface area contributed by atoms with E-state index in [0.717, 1.165) is 0 Å².